The summed E-state index contributed by atoms with van der Waals surface area (Å²) in [6.07, 6.45) is 2.23. The molecule has 0 amide bonds. The maximum absolute atomic E-state index is 6.00. The number of hydrogen-bond donors (Lipinski definition) is 0. The molecule has 0 radical (unpaired) electrons. The van der Waals surface area contributed by atoms with Crippen LogP contribution in [0.25, 0.3) is 10.8 Å². The normalized spacial score (nSPS) is 18.2. The zero-order chi connectivity index (χ0) is 17.9. The topological polar surface area (TPSA) is 51.4 Å². The molecule has 5 nitrogen and oxygen atoms in total. The minimum Gasteiger partial charge on any atom is -0.496 e. The van der Waals surface area contributed by atoms with E-state index in [1.807, 2.05) is 18.2 Å². The third kappa shape index (κ3) is 3.66. The Morgan fingerprint density at radius 2 is 2.12 bits per heavy atom. The number of piperidine rings is 1. The first-order chi connectivity index (χ1) is 12.7. The van der Waals surface area contributed by atoms with Gasteiger partial charge in [-0.2, -0.15) is 0 Å². The van der Waals surface area contributed by atoms with E-state index in [4.69, 9.17) is 9.15 Å². The van der Waals surface area contributed by atoms with E-state index >= 15 is 0 Å². The molecule has 0 unspecified atom stereocenters. The zero-order valence-corrected chi connectivity index (χ0v) is 16.0. The van der Waals surface area contributed by atoms with Crippen molar-refractivity contribution in [3.8, 4) is 16.5 Å². The van der Waals surface area contributed by atoms with E-state index in [9.17, 15) is 0 Å². The summed E-state index contributed by atoms with van der Waals surface area (Å²) in [5.41, 5.74) is 1.22. The van der Waals surface area contributed by atoms with Gasteiger partial charge in [-0.1, -0.05) is 18.2 Å². The van der Waals surface area contributed by atoms with Crippen LogP contribution in [0.5, 0.6) is 5.75 Å². The van der Waals surface area contributed by atoms with Gasteiger partial charge in [0.25, 0.3) is 5.89 Å². The van der Waals surface area contributed by atoms with Crippen molar-refractivity contribution in [3.05, 3.63) is 52.7 Å². The molecular formula is C20H23N3O2S. The standard InChI is InChI=1S/C20H23N3O2S/c1-14-9-10-18(26-14)20-22-21-19(25-20)16-7-5-11-23(13-16)12-15-6-3-4-8-17(15)24-2/h3-4,6,8-10,16H,5,7,11-13H2,1-2H3/t16-/m1/s1. The number of nitrogens with zero attached hydrogens (tertiary/aromatic N) is 3. The van der Waals surface area contributed by atoms with E-state index in [1.54, 1.807) is 18.4 Å². The summed E-state index contributed by atoms with van der Waals surface area (Å²) in [5, 5.41) is 8.61. The van der Waals surface area contributed by atoms with Gasteiger partial charge in [-0.3, -0.25) is 4.90 Å². The fraction of sp³-hybridized carbons (Fsp3) is 0.400. The molecule has 0 aliphatic carbocycles. The number of benzene rings is 1. The first-order valence-corrected chi connectivity index (χ1v) is 9.79. The number of likely N-dealkylation sites (tertiary alicyclic amines) is 1. The number of rotatable bonds is 5. The van der Waals surface area contributed by atoms with E-state index < -0.39 is 0 Å². The van der Waals surface area contributed by atoms with Crippen LogP contribution in [0.1, 0.15) is 35.1 Å². The van der Waals surface area contributed by atoms with Crippen molar-refractivity contribution in [2.75, 3.05) is 20.2 Å². The average molecular weight is 369 g/mol. The summed E-state index contributed by atoms with van der Waals surface area (Å²) in [6, 6.07) is 12.3. The van der Waals surface area contributed by atoms with Crippen molar-refractivity contribution in [2.45, 2.75) is 32.2 Å². The summed E-state index contributed by atoms with van der Waals surface area (Å²) in [7, 11) is 1.73. The van der Waals surface area contributed by atoms with Crippen LogP contribution in [0, 0.1) is 6.92 Å². The van der Waals surface area contributed by atoms with E-state index in [0.717, 1.165) is 49.0 Å². The van der Waals surface area contributed by atoms with Crippen LogP contribution >= 0.6 is 11.3 Å². The molecule has 1 aliphatic rings. The molecule has 1 aromatic carbocycles. The van der Waals surface area contributed by atoms with Gasteiger partial charge in [0.1, 0.15) is 5.75 Å². The van der Waals surface area contributed by atoms with E-state index in [-0.39, 0.29) is 0 Å². The maximum Gasteiger partial charge on any atom is 0.257 e. The molecule has 3 aromatic rings. The van der Waals surface area contributed by atoms with Crippen LogP contribution in [-0.2, 0) is 6.54 Å². The summed E-state index contributed by atoms with van der Waals surface area (Å²) >= 11 is 1.69. The number of aromatic nitrogens is 2. The molecule has 26 heavy (non-hydrogen) atoms. The first kappa shape index (κ1) is 17.2. The van der Waals surface area contributed by atoms with Crippen LogP contribution in [0.4, 0.5) is 0 Å². The van der Waals surface area contributed by atoms with Gasteiger partial charge in [0.05, 0.1) is 17.9 Å². The maximum atomic E-state index is 6.00. The second-order valence-electron chi connectivity index (χ2n) is 6.74. The van der Waals surface area contributed by atoms with Crippen LogP contribution in [0.15, 0.2) is 40.8 Å². The molecule has 3 heterocycles. The van der Waals surface area contributed by atoms with Crippen molar-refractivity contribution in [1.29, 1.82) is 0 Å². The monoisotopic (exact) mass is 369 g/mol. The van der Waals surface area contributed by atoms with Gasteiger partial charge in [0.15, 0.2) is 0 Å². The Bertz CT molecular complexity index is 873. The van der Waals surface area contributed by atoms with Crippen LogP contribution < -0.4 is 4.74 Å². The number of ether oxygens (including phenoxy) is 1. The van der Waals surface area contributed by atoms with Gasteiger partial charge in [-0.15, -0.1) is 21.5 Å². The molecular weight excluding hydrogens is 346 g/mol. The van der Waals surface area contributed by atoms with E-state index in [0.29, 0.717) is 11.8 Å². The summed E-state index contributed by atoms with van der Waals surface area (Å²) < 4.78 is 11.5. The summed E-state index contributed by atoms with van der Waals surface area (Å²) in [6.45, 7) is 4.98. The van der Waals surface area contributed by atoms with Crippen LogP contribution in [-0.4, -0.2) is 35.3 Å². The van der Waals surface area contributed by atoms with E-state index in [2.05, 4.69) is 40.2 Å². The lowest BCUT2D eigenvalue weighted by atomic mass is 9.97. The van der Waals surface area contributed by atoms with Gasteiger partial charge >= 0.3 is 0 Å². The minimum absolute atomic E-state index is 0.292. The highest BCUT2D eigenvalue weighted by Gasteiger charge is 2.26. The lowest BCUT2D eigenvalue weighted by molar-refractivity contribution is 0.184. The highest BCUT2D eigenvalue weighted by Crippen LogP contribution is 2.32. The van der Waals surface area contributed by atoms with Crippen molar-refractivity contribution >= 4 is 11.3 Å². The Morgan fingerprint density at radius 1 is 1.23 bits per heavy atom. The highest BCUT2D eigenvalue weighted by atomic mass is 32.1. The molecule has 6 heteroatoms. The number of para-hydroxylation sites is 1. The summed E-state index contributed by atoms with van der Waals surface area (Å²) in [5.74, 6) is 2.64. The molecule has 4 rings (SSSR count). The number of methoxy groups -OCH3 is 1. The molecule has 2 aromatic heterocycles. The minimum atomic E-state index is 0.292. The quantitative estimate of drug-likeness (QED) is 0.663. The SMILES string of the molecule is COc1ccccc1CN1CCC[C@@H](c2nnc(-c3ccc(C)s3)o2)C1. The Hall–Kier alpha value is -2.18. The molecule has 0 spiro atoms. The lowest BCUT2D eigenvalue weighted by Gasteiger charge is -2.31. The van der Waals surface area contributed by atoms with Crippen molar-refractivity contribution in [3.63, 3.8) is 0 Å². The molecule has 0 N–H and O–H groups in total. The van der Waals surface area contributed by atoms with Crippen LogP contribution in [0.2, 0.25) is 0 Å². The predicted octanol–water partition coefficient (Wildman–Crippen LogP) is 4.49. The molecule has 0 saturated carbocycles. The fourth-order valence-corrected chi connectivity index (χ4v) is 4.31. The predicted molar refractivity (Wildman–Crippen MR) is 103 cm³/mol. The van der Waals surface area contributed by atoms with E-state index in [1.165, 1.54) is 10.4 Å². The van der Waals surface area contributed by atoms with Gasteiger partial charge in [-0.25, -0.2) is 0 Å². The Morgan fingerprint density at radius 3 is 2.92 bits per heavy atom. The van der Waals surface area contributed by atoms with Gasteiger partial charge in [0.2, 0.25) is 5.89 Å². The Balaban J connectivity index is 1.46. The molecule has 1 saturated heterocycles. The van der Waals surface area contributed by atoms with Crippen molar-refractivity contribution < 1.29 is 9.15 Å². The van der Waals surface area contributed by atoms with Gasteiger partial charge < -0.3 is 9.15 Å². The fourth-order valence-electron chi connectivity index (χ4n) is 3.52. The smallest absolute Gasteiger partial charge is 0.257 e. The third-order valence-electron chi connectivity index (χ3n) is 4.83. The second kappa shape index (κ2) is 7.60. The lowest BCUT2D eigenvalue weighted by Crippen LogP contribution is -2.34. The molecule has 1 atom stereocenters. The summed E-state index contributed by atoms with van der Waals surface area (Å²) in [4.78, 5) is 4.74. The zero-order valence-electron chi connectivity index (χ0n) is 15.1. The first-order valence-electron chi connectivity index (χ1n) is 8.97. The molecule has 136 valence electrons. The van der Waals surface area contributed by atoms with Crippen LogP contribution in [0.3, 0.4) is 0 Å². The Kier molecular flexibility index (Phi) is 5.04. The highest BCUT2D eigenvalue weighted by molar-refractivity contribution is 7.15. The molecule has 0 bridgehead atoms. The van der Waals surface area contributed by atoms with Gasteiger partial charge in [0, 0.05) is 23.5 Å². The number of thiophene rings is 1. The van der Waals surface area contributed by atoms with Gasteiger partial charge in [-0.05, 0) is 44.5 Å². The third-order valence-corrected chi connectivity index (χ3v) is 5.82. The average Bonchev–Trinajstić information content (AvgIpc) is 3.31. The second-order valence-corrected chi connectivity index (χ2v) is 8.03. The molecule has 1 fully saturated rings. The van der Waals surface area contributed by atoms with Crippen molar-refractivity contribution in [2.24, 2.45) is 0 Å². The number of aryl methyl sites for hydroxylation is 1. The Labute approximate surface area is 157 Å². The largest absolute Gasteiger partial charge is 0.496 e. The number of hydrogen-bond acceptors (Lipinski definition) is 6. The van der Waals surface area contributed by atoms with Crippen molar-refractivity contribution in [1.82, 2.24) is 15.1 Å². The molecule has 1 aliphatic heterocycles.